The van der Waals surface area contributed by atoms with E-state index < -0.39 is 0 Å². The summed E-state index contributed by atoms with van der Waals surface area (Å²) >= 11 is 0. The molecule has 1 N–H and O–H groups in total. The van der Waals surface area contributed by atoms with Crippen LogP contribution in [0.15, 0.2) is 0 Å². The maximum Gasteiger partial charge on any atom is 0.139 e. The minimum Gasteiger partial charge on any atom is -0.393 e. The Hall–Kier alpha value is -0.370. The van der Waals surface area contributed by atoms with Gasteiger partial charge in [-0.3, -0.25) is 4.79 Å². The van der Waals surface area contributed by atoms with Crippen LogP contribution in [0, 0.1) is 40.4 Å². The normalized spacial score (nSPS) is 56.8. The van der Waals surface area contributed by atoms with Crippen LogP contribution in [0.4, 0.5) is 0 Å². The molecule has 24 heavy (non-hydrogen) atoms. The summed E-state index contributed by atoms with van der Waals surface area (Å²) in [4.78, 5) is 13.1. The van der Waals surface area contributed by atoms with Gasteiger partial charge in [0, 0.05) is 11.8 Å². The van der Waals surface area contributed by atoms with E-state index in [-0.39, 0.29) is 11.5 Å². The molecule has 0 saturated heterocycles. The SMILES string of the molecule is C[C@]12CC[C@@H](O)C[C@@H]1CCC1C3CC[C@@H]4CCCC(=O)[C@@]34CCC12. The van der Waals surface area contributed by atoms with E-state index in [9.17, 15) is 9.90 Å². The Kier molecular flexibility index (Phi) is 3.51. The maximum absolute atomic E-state index is 13.1. The van der Waals surface area contributed by atoms with Gasteiger partial charge in [0.15, 0.2) is 0 Å². The Balaban J connectivity index is 1.48. The molecule has 5 aliphatic carbocycles. The lowest BCUT2D eigenvalue weighted by atomic mass is 9.43. The van der Waals surface area contributed by atoms with Crippen molar-refractivity contribution in [3.05, 3.63) is 0 Å². The highest BCUT2D eigenvalue weighted by molar-refractivity contribution is 5.86. The molecule has 2 heteroatoms. The summed E-state index contributed by atoms with van der Waals surface area (Å²) < 4.78 is 0. The van der Waals surface area contributed by atoms with Crippen molar-refractivity contribution in [2.45, 2.75) is 90.1 Å². The van der Waals surface area contributed by atoms with Crippen molar-refractivity contribution in [3.8, 4) is 0 Å². The van der Waals surface area contributed by atoms with Gasteiger partial charge in [-0.2, -0.15) is 0 Å². The van der Waals surface area contributed by atoms with Crippen molar-refractivity contribution in [2.75, 3.05) is 0 Å². The van der Waals surface area contributed by atoms with Crippen LogP contribution in [-0.2, 0) is 4.79 Å². The zero-order chi connectivity index (χ0) is 16.5. The number of fused-ring (bicyclic) bond motifs is 4. The summed E-state index contributed by atoms with van der Waals surface area (Å²) in [5.74, 6) is 4.46. The molecule has 0 radical (unpaired) electrons. The van der Waals surface area contributed by atoms with Crippen LogP contribution in [0.2, 0.25) is 0 Å². The summed E-state index contributed by atoms with van der Waals surface area (Å²) in [6, 6.07) is 0. The third-order valence-electron chi connectivity index (χ3n) is 9.80. The van der Waals surface area contributed by atoms with Crippen molar-refractivity contribution >= 4 is 5.78 Å². The number of ketones is 1. The van der Waals surface area contributed by atoms with E-state index in [2.05, 4.69) is 6.92 Å². The minimum atomic E-state index is -0.0506. The molecule has 0 aliphatic heterocycles. The fourth-order valence-corrected chi connectivity index (χ4v) is 8.74. The van der Waals surface area contributed by atoms with Gasteiger partial charge in [-0.15, -0.1) is 0 Å². The smallest absolute Gasteiger partial charge is 0.139 e. The van der Waals surface area contributed by atoms with Gasteiger partial charge in [0.25, 0.3) is 0 Å². The zero-order valence-electron chi connectivity index (χ0n) is 15.3. The minimum absolute atomic E-state index is 0.0506. The Bertz CT molecular complexity index is 542. The van der Waals surface area contributed by atoms with E-state index in [0.29, 0.717) is 17.1 Å². The van der Waals surface area contributed by atoms with Crippen LogP contribution >= 0.6 is 0 Å². The highest BCUT2D eigenvalue weighted by atomic mass is 16.3. The molecule has 0 amide bonds. The number of aliphatic hydroxyl groups is 1. The largest absolute Gasteiger partial charge is 0.393 e. The second-order valence-electron chi connectivity index (χ2n) is 10.3. The van der Waals surface area contributed by atoms with Gasteiger partial charge >= 0.3 is 0 Å². The average Bonchev–Trinajstić information content (AvgIpc) is 2.97. The monoisotopic (exact) mass is 330 g/mol. The van der Waals surface area contributed by atoms with Crippen molar-refractivity contribution in [2.24, 2.45) is 40.4 Å². The third kappa shape index (κ3) is 1.90. The third-order valence-corrected chi connectivity index (χ3v) is 9.80. The molecular formula is C22H34O2. The lowest BCUT2D eigenvalue weighted by molar-refractivity contribution is -0.158. The van der Waals surface area contributed by atoms with Gasteiger partial charge in [0.2, 0.25) is 0 Å². The van der Waals surface area contributed by atoms with Crippen molar-refractivity contribution in [1.82, 2.24) is 0 Å². The summed E-state index contributed by atoms with van der Waals surface area (Å²) in [7, 11) is 0. The Morgan fingerprint density at radius 3 is 2.62 bits per heavy atom. The van der Waals surface area contributed by atoms with E-state index >= 15 is 0 Å². The number of hydrogen-bond acceptors (Lipinski definition) is 2. The second-order valence-corrected chi connectivity index (χ2v) is 10.3. The van der Waals surface area contributed by atoms with Crippen molar-refractivity contribution in [1.29, 1.82) is 0 Å². The standard InChI is InChI=1S/C22H34O2/c1-21-11-9-16(23)13-15(21)5-7-17-18(21)10-12-22-14(6-8-19(17)22)3-2-4-20(22)24/h14-19,23H,2-13H2,1H3/t14-,15-,16+,17?,18?,19?,21-,22+/m0/s1. The first kappa shape index (κ1) is 15.9. The highest BCUT2D eigenvalue weighted by Crippen LogP contribution is 2.69. The zero-order valence-corrected chi connectivity index (χ0v) is 15.3. The Morgan fingerprint density at radius 2 is 1.75 bits per heavy atom. The van der Waals surface area contributed by atoms with Gasteiger partial charge in [0.1, 0.15) is 5.78 Å². The second kappa shape index (κ2) is 5.32. The molecule has 0 aromatic carbocycles. The number of hydrogen-bond donors (Lipinski definition) is 1. The average molecular weight is 331 g/mol. The van der Waals surface area contributed by atoms with Crippen LogP contribution in [-0.4, -0.2) is 17.0 Å². The molecule has 2 nitrogen and oxygen atoms in total. The fourth-order valence-electron chi connectivity index (χ4n) is 8.74. The molecule has 5 fully saturated rings. The van der Waals surface area contributed by atoms with Gasteiger partial charge < -0.3 is 5.11 Å². The molecule has 5 saturated carbocycles. The van der Waals surface area contributed by atoms with Crippen LogP contribution in [0.5, 0.6) is 0 Å². The molecule has 3 unspecified atom stereocenters. The van der Waals surface area contributed by atoms with E-state index in [1.54, 1.807) is 0 Å². The van der Waals surface area contributed by atoms with E-state index in [1.165, 1.54) is 51.4 Å². The predicted octanol–water partition coefficient (Wildman–Crippen LogP) is 4.74. The molecule has 0 aromatic rings. The van der Waals surface area contributed by atoms with E-state index in [1.807, 2.05) is 0 Å². The first-order valence-electron chi connectivity index (χ1n) is 10.8. The fraction of sp³-hybridized carbons (Fsp3) is 0.955. The van der Waals surface area contributed by atoms with Crippen LogP contribution in [0.3, 0.4) is 0 Å². The Labute approximate surface area is 146 Å². The van der Waals surface area contributed by atoms with Crippen LogP contribution < -0.4 is 0 Å². The molecule has 5 aliphatic rings. The first-order valence-corrected chi connectivity index (χ1v) is 10.8. The summed E-state index contributed by atoms with van der Waals surface area (Å²) in [6.07, 6.45) is 14.4. The molecule has 0 bridgehead atoms. The summed E-state index contributed by atoms with van der Waals surface area (Å²) in [6.45, 7) is 2.55. The summed E-state index contributed by atoms with van der Waals surface area (Å²) in [5.41, 5.74) is 0.552. The lowest BCUT2D eigenvalue weighted by Crippen LogP contribution is -2.57. The molecular weight excluding hydrogens is 296 g/mol. The number of Topliss-reactive ketones (excluding diaryl/α,β-unsaturated/α-hetero) is 1. The molecule has 5 rings (SSSR count). The predicted molar refractivity (Wildman–Crippen MR) is 94.4 cm³/mol. The van der Waals surface area contributed by atoms with Crippen LogP contribution in [0.1, 0.15) is 84.0 Å². The van der Waals surface area contributed by atoms with E-state index in [4.69, 9.17) is 0 Å². The molecule has 8 atom stereocenters. The summed E-state index contributed by atoms with van der Waals surface area (Å²) in [5, 5.41) is 10.2. The van der Waals surface area contributed by atoms with Gasteiger partial charge in [-0.25, -0.2) is 0 Å². The Morgan fingerprint density at radius 1 is 0.917 bits per heavy atom. The van der Waals surface area contributed by atoms with Crippen molar-refractivity contribution in [3.63, 3.8) is 0 Å². The van der Waals surface area contributed by atoms with Crippen molar-refractivity contribution < 1.29 is 9.90 Å². The van der Waals surface area contributed by atoms with Gasteiger partial charge in [0.05, 0.1) is 6.10 Å². The molecule has 134 valence electrons. The number of carbonyl (C=O) groups excluding carboxylic acids is 1. The number of aliphatic hydroxyl groups excluding tert-OH is 1. The van der Waals surface area contributed by atoms with E-state index in [0.717, 1.165) is 49.4 Å². The van der Waals surface area contributed by atoms with Gasteiger partial charge in [-0.05, 0) is 106 Å². The number of carbonyl (C=O) groups is 1. The first-order chi connectivity index (χ1) is 11.6. The molecule has 0 heterocycles. The quantitative estimate of drug-likeness (QED) is 0.696. The molecule has 1 spiro atoms. The van der Waals surface area contributed by atoms with Crippen LogP contribution in [0.25, 0.3) is 0 Å². The molecule has 0 aromatic heterocycles. The maximum atomic E-state index is 13.1. The lowest BCUT2D eigenvalue weighted by Gasteiger charge is -2.61. The topological polar surface area (TPSA) is 37.3 Å². The highest BCUT2D eigenvalue weighted by Gasteiger charge is 2.64. The van der Waals surface area contributed by atoms with Gasteiger partial charge in [-0.1, -0.05) is 6.92 Å². The number of rotatable bonds is 0.